The monoisotopic (exact) mass is 728 g/mol. The molecular formula is C52H44N2S. The highest BCUT2D eigenvalue weighted by atomic mass is 32.1. The lowest BCUT2D eigenvalue weighted by molar-refractivity contribution is 0.590. The van der Waals surface area contributed by atoms with E-state index in [0.717, 1.165) is 39.7 Å². The molecule has 0 fully saturated rings. The van der Waals surface area contributed by atoms with Crippen molar-refractivity contribution in [2.24, 2.45) is 0 Å². The maximum Gasteiger partial charge on any atom is 0.0564 e. The van der Waals surface area contributed by atoms with Crippen LogP contribution in [0.1, 0.15) is 37.5 Å². The highest BCUT2D eigenvalue weighted by molar-refractivity contribution is 7.25. The third-order valence-electron chi connectivity index (χ3n) is 10.7. The van der Waals surface area contributed by atoms with E-state index in [1.54, 1.807) is 0 Å². The smallest absolute Gasteiger partial charge is 0.0564 e. The van der Waals surface area contributed by atoms with Crippen molar-refractivity contribution >= 4 is 76.4 Å². The predicted octanol–water partition coefficient (Wildman–Crippen LogP) is 15.7. The third kappa shape index (κ3) is 6.55. The Kier molecular flexibility index (Phi) is 8.76. The zero-order valence-electron chi connectivity index (χ0n) is 32.0. The second-order valence-electron chi connectivity index (χ2n) is 15.7. The second kappa shape index (κ2) is 13.9. The molecule has 1 aromatic heterocycles. The lowest BCUT2D eigenvalue weighted by atomic mass is 9.84. The highest BCUT2D eigenvalue weighted by Crippen LogP contribution is 2.51. The van der Waals surface area contributed by atoms with Crippen LogP contribution < -0.4 is 9.80 Å². The average Bonchev–Trinajstić information content (AvgIpc) is 3.57. The van der Waals surface area contributed by atoms with E-state index in [0.29, 0.717) is 0 Å². The summed E-state index contributed by atoms with van der Waals surface area (Å²) in [6.45, 7) is 11.3. The largest absolute Gasteiger partial charge is 0.310 e. The molecule has 0 aliphatic carbocycles. The number of nitrogens with zero attached hydrogens (tertiary/aromatic N) is 2. The van der Waals surface area contributed by atoms with Crippen molar-refractivity contribution in [3.8, 4) is 11.1 Å². The van der Waals surface area contributed by atoms with Crippen LogP contribution in [-0.2, 0) is 5.41 Å². The van der Waals surface area contributed by atoms with Gasteiger partial charge in [0, 0.05) is 48.5 Å². The van der Waals surface area contributed by atoms with Crippen LogP contribution in [0.15, 0.2) is 176 Å². The molecule has 0 radical (unpaired) electrons. The zero-order valence-corrected chi connectivity index (χ0v) is 32.9. The van der Waals surface area contributed by atoms with E-state index in [4.69, 9.17) is 0 Å². The summed E-state index contributed by atoms with van der Waals surface area (Å²) in [5.74, 6) is 0. The van der Waals surface area contributed by atoms with Gasteiger partial charge < -0.3 is 9.80 Å². The van der Waals surface area contributed by atoms with Crippen molar-refractivity contribution in [2.45, 2.75) is 40.0 Å². The molecular weight excluding hydrogens is 685 g/mol. The lowest BCUT2D eigenvalue weighted by Gasteiger charge is -2.35. The van der Waals surface area contributed by atoms with Crippen molar-refractivity contribution < 1.29 is 0 Å². The van der Waals surface area contributed by atoms with Gasteiger partial charge in [0.05, 0.1) is 11.4 Å². The SMILES string of the molecule is Cc1ccc(N(c2ccc3ccccc3c2)c2cc(C(C)(C)C)cc(N(c3ccc(C)cc3)c3ccc4c(c3)sc3ccccc34)c2-c2ccccc2)cc1. The Hall–Kier alpha value is -6.16. The molecule has 0 amide bonds. The second-order valence-corrected chi connectivity index (χ2v) is 16.7. The van der Waals surface area contributed by atoms with Crippen LogP contribution >= 0.6 is 11.3 Å². The summed E-state index contributed by atoms with van der Waals surface area (Å²) in [7, 11) is 0. The summed E-state index contributed by atoms with van der Waals surface area (Å²) in [5.41, 5.74) is 12.7. The van der Waals surface area contributed by atoms with Gasteiger partial charge in [-0.2, -0.15) is 0 Å². The normalized spacial score (nSPS) is 11.7. The summed E-state index contributed by atoms with van der Waals surface area (Å²) in [5, 5.41) is 5.04. The maximum absolute atomic E-state index is 2.48. The van der Waals surface area contributed by atoms with E-state index in [-0.39, 0.29) is 5.41 Å². The first-order chi connectivity index (χ1) is 26.7. The molecule has 268 valence electrons. The van der Waals surface area contributed by atoms with Gasteiger partial charge in [-0.1, -0.05) is 141 Å². The molecule has 55 heavy (non-hydrogen) atoms. The molecule has 9 rings (SSSR count). The van der Waals surface area contributed by atoms with Crippen molar-refractivity contribution in [3.05, 3.63) is 193 Å². The molecule has 0 bridgehead atoms. The van der Waals surface area contributed by atoms with Gasteiger partial charge in [-0.15, -0.1) is 11.3 Å². The fourth-order valence-corrected chi connectivity index (χ4v) is 8.85. The number of fused-ring (bicyclic) bond motifs is 4. The standard InChI is InChI=1S/C52H44N2S/c1-35-19-24-41(25-20-35)53(43-28-23-37-13-9-10-16-39(37)31-43)47-32-40(52(3,4)5)33-48(51(47)38-14-7-6-8-15-38)54(42-26-21-36(2)22-27-42)44-29-30-46-45-17-11-12-18-49(45)55-50(46)34-44/h6-34H,1-5H3. The van der Waals surface area contributed by atoms with E-state index in [1.807, 2.05) is 11.3 Å². The molecule has 0 aliphatic rings. The van der Waals surface area contributed by atoms with Crippen molar-refractivity contribution in [1.29, 1.82) is 0 Å². The van der Waals surface area contributed by atoms with Crippen LogP contribution in [0.5, 0.6) is 0 Å². The Balaban J connectivity index is 1.40. The molecule has 9 aromatic rings. The Labute approximate surface area is 328 Å². The Morgan fingerprint density at radius 3 is 1.56 bits per heavy atom. The fraction of sp³-hybridized carbons (Fsp3) is 0.115. The molecule has 2 nitrogen and oxygen atoms in total. The minimum atomic E-state index is -0.143. The van der Waals surface area contributed by atoms with E-state index in [9.17, 15) is 0 Å². The Morgan fingerprint density at radius 2 is 0.927 bits per heavy atom. The fourth-order valence-electron chi connectivity index (χ4n) is 7.71. The van der Waals surface area contributed by atoms with Crippen molar-refractivity contribution in [3.63, 3.8) is 0 Å². The Morgan fingerprint density at radius 1 is 0.418 bits per heavy atom. The topological polar surface area (TPSA) is 6.48 Å². The van der Waals surface area contributed by atoms with Gasteiger partial charge in [-0.3, -0.25) is 0 Å². The van der Waals surface area contributed by atoms with Gasteiger partial charge in [0.2, 0.25) is 0 Å². The molecule has 3 heteroatoms. The van der Waals surface area contributed by atoms with Crippen LogP contribution in [0.4, 0.5) is 34.1 Å². The van der Waals surface area contributed by atoms with Gasteiger partial charge in [-0.05, 0) is 108 Å². The van der Waals surface area contributed by atoms with Crippen LogP contribution in [0.3, 0.4) is 0 Å². The van der Waals surface area contributed by atoms with Gasteiger partial charge in [0.15, 0.2) is 0 Å². The van der Waals surface area contributed by atoms with E-state index in [2.05, 4.69) is 220 Å². The molecule has 0 saturated heterocycles. The van der Waals surface area contributed by atoms with Crippen LogP contribution in [0.2, 0.25) is 0 Å². The quantitative estimate of drug-likeness (QED) is 0.161. The number of thiophene rings is 1. The number of hydrogen-bond donors (Lipinski definition) is 0. The van der Waals surface area contributed by atoms with Gasteiger partial charge in [0.25, 0.3) is 0 Å². The average molecular weight is 729 g/mol. The molecule has 0 saturated carbocycles. The van der Waals surface area contributed by atoms with E-state index in [1.165, 1.54) is 53.2 Å². The molecule has 0 aliphatic heterocycles. The van der Waals surface area contributed by atoms with E-state index < -0.39 is 0 Å². The number of anilines is 6. The first-order valence-corrected chi connectivity index (χ1v) is 19.9. The molecule has 8 aromatic carbocycles. The number of hydrogen-bond acceptors (Lipinski definition) is 3. The first kappa shape index (κ1) is 34.6. The van der Waals surface area contributed by atoms with Crippen LogP contribution in [-0.4, -0.2) is 0 Å². The van der Waals surface area contributed by atoms with Crippen LogP contribution in [0.25, 0.3) is 42.1 Å². The molecule has 0 unspecified atom stereocenters. The number of aryl methyl sites for hydroxylation is 2. The summed E-state index contributed by atoms with van der Waals surface area (Å²) in [6, 6.07) is 65.0. The van der Waals surface area contributed by atoms with Crippen LogP contribution in [0, 0.1) is 13.8 Å². The zero-order chi connectivity index (χ0) is 37.7. The van der Waals surface area contributed by atoms with Crippen molar-refractivity contribution in [1.82, 2.24) is 0 Å². The summed E-state index contributed by atoms with van der Waals surface area (Å²) in [6.07, 6.45) is 0. The van der Waals surface area contributed by atoms with Gasteiger partial charge >= 0.3 is 0 Å². The number of benzene rings is 8. The molecule has 0 N–H and O–H groups in total. The molecule has 0 spiro atoms. The highest BCUT2D eigenvalue weighted by Gasteiger charge is 2.28. The summed E-state index contributed by atoms with van der Waals surface area (Å²) < 4.78 is 2.59. The Bertz CT molecular complexity index is 2810. The molecule has 1 heterocycles. The third-order valence-corrected chi connectivity index (χ3v) is 11.8. The first-order valence-electron chi connectivity index (χ1n) is 19.1. The number of rotatable bonds is 7. The minimum absolute atomic E-state index is 0.143. The van der Waals surface area contributed by atoms with Crippen molar-refractivity contribution in [2.75, 3.05) is 9.80 Å². The van der Waals surface area contributed by atoms with E-state index >= 15 is 0 Å². The summed E-state index contributed by atoms with van der Waals surface area (Å²) >= 11 is 1.86. The maximum atomic E-state index is 2.48. The lowest BCUT2D eigenvalue weighted by Crippen LogP contribution is -2.19. The van der Waals surface area contributed by atoms with Gasteiger partial charge in [-0.25, -0.2) is 0 Å². The summed E-state index contributed by atoms with van der Waals surface area (Å²) in [4.78, 5) is 4.95. The minimum Gasteiger partial charge on any atom is -0.310 e. The molecule has 0 atom stereocenters. The predicted molar refractivity (Wildman–Crippen MR) is 240 cm³/mol. The van der Waals surface area contributed by atoms with Gasteiger partial charge in [0.1, 0.15) is 0 Å².